The Bertz CT molecular complexity index is 463. The Hall–Kier alpha value is -1.51. The highest BCUT2D eigenvalue weighted by atomic mass is 32.1. The van der Waals surface area contributed by atoms with E-state index in [1.54, 1.807) is 0 Å². The average Bonchev–Trinajstić information content (AvgIpc) is 2.69. The number of hydrogen-bond acceptors (Lipinski definition) is 3. The Kier molecular flexibility index (Phi) is 5.20. The number of carbonyl (C=O) groups is 1. The van der Waals surface area contributed by atoms with Crippen LogP contribution in [0.25, 0.3) is 0 Å². The smallest absolute Gasteiger partial charge is 0.315 e. The fourth-order valence-electron chi connectivity index (χ4n) is 1.22. The summed E-state index contributed by atoms with van der Waals surface area (Å²) in [4.78, 5) is 13.4. The van der Waals surface area contributed by atoms with Gasteiger partial charge in [-0.3, -0.25) is 0 Å². The summed E-state index contributed by atoms with van der Waals surface area (Å²) in [6, 6.07) is 3.62. The maximum absolute atomic E-state index is 11.5. The number of nitrogens with one attached hydrogen (secondary N) is 2. The molecule has 1 rings (SSSR count). The van der Waals surface area contributed by atoms with Crippen molar-refractivity contribution in [3.8, 4) is 11.8 Å². The van der Waals surface area contributed by atoms with Gasteiger partial charge in [0.05, 0.1) is 11.4 Å². The Morgan fingerprint density at radius 3 is 2.78 bits per heavy atom. The summed E-state index contributed by atoms with van der Waals surface area (Å²) in [5.74, 6) is 5.42. The van der Waals surface area contributed by atoms with Gasteiger partial charge in [-0.2, -0.15) is 0 Å². The number of aliphatic hydroxyl groups excluding tert-OH is 1. The number of rotatable bonds is 2. The highest BCUT2D eigenvalue weighted by Gasteiger charge is 2.13. The van der Waals surface area contributed by atoms with Crippen molar-refractivity contribution in [3.05, 3.63) is 21.9 Å². The summed E-state index contributed by atoms with van der Waals surface area (Å²) in [6.07, 6.45) is 0. The third-order valence-electron chi connectivity index (χ3n) is 1.86. The molecule has 0 radical (unpaired) electrons. The zero-order valence-corrected chi connectivity index (χ0v) is 11.6. The van der Waals surface area contributed by atoms with Gasteiger partial charge in [0.25, 0.3) is 0 Å². The second-order valence-electron chi connectivity index (χ2n) is 4.78. The molecular formula is C13H18N2O2S. The molecule has 0 saturated carbocycles. The largest absolute Gasteiger partial charge is 0.384 e. The third-order valence-corrected chi connectivity index (χ3v) is 2.86. The second-order valence-corrected chi connectivity index (χ2v) is 5.95. The molecule has 18 heavy (non-hydrogen) atoms. The van der Waals surface area contributed by atoms with Crippen molar-refractivity contribution in [2.45, 2.75) is 32.9 Å². The van der Waals surface area contributed by atoms with Crippen molar-refractivity contribution >= 4 is 17.4 Å². The molecule has 98 valence electrons. The number of amides is 2. The summed E-state index contributed by atoms with van der Waals surface area (Å²) in [5.41, 5.74) is -0.239. The lowest BCUT2D eigenvalue weighted by Gasteiger charge is -2.20. The van der Waals surface area contributed by atoms with Gasteiger partial charge in [-0.1, -0.05) is 11.8 Å². The number of urea groups is 1. The number of thiophene rings is 1. The summed E-state index contributed by atoms with van der Waals surface area (Å²) in [6.45, 7) is 6.13. The minimum absolute atomic E-state index is 0.139. The van der Waals surface area contributed by atoms with Crippen LogP contribution < -0.4 is 10.6 Å². The second kappa shape index (κ2) is 6.43. The van der Waals surface area contributed by atoms with Crippen LogP contribution in [-0.2, 0) is 6.54 Å². The van der Waals surface area contributed by atoms with Crippen LogP contribution >= 0.6 is 11.3 Å². The van der Waals surface area contributed by atoms with Gasteiger partial charge < -0.3 is 15.7 Å². The van der Waals surface area contributed by atoms with Crippen molar-refractivity contribution in [3.63, 3.8) is 0 Å². The standard InChI is InChI=1S/C13H18N2O2S/c1-13(2,3)15-12(17)14-9-11-7-6-10(18-11)5-4-8-16/h6-7,16H,8-9H2,1-3H3,(H2,14,15,17). The van der Waals surface area contributed by atoms with Crippen LogP contribution in [0.4, 0.5) is 4.79 Å². The van der Waals surface area contributed by atoms with E-state index in [-0.39, 0.29) is 18.2 Å². The molecule has 0 atom stereocenters. The SMILES string of the molecule is CC(C)(C)NC(=O)NCc1ccc(C#CCO)s1. The van der Waals surface area contributed by atoms with Crippen molar-refractivity contribution in [2.75, 3.05) is 6.61 Å². The van der Waals surface area contributed by atoms with Crippen molar-refractivity contribution < 1.29 is 9.90 Å². The number of carbonyl (C=O) groups excluding carboxylic acids is 1. The van der Waals surface area contributed by atoms with Gasteiger partial charge in [0.15, 0.2) is 0 Å². The van der Waals surface area contributed by atoms with Crippen LogP contribution in [0, 0.1) is 11.8 Å². The number of aliphatic hydroxyl groups is 1. The molecule has 1 aromatic rings. The molecule has 2 amide bonds. The lowest BCUT2D eigenvalue weighted by molar-refractivity contribution is 0.231. The molecule has 0 bridgehead atoms. The molecule has 0 fully saturated rings. The number of hydrogen-bond donors (Lipinski definition) is 3. The predicted molar refractivity (Wildman–Crippen MR) is 73.4 cm³/mol. The first-order valence-electron chi connectivity index (χ1n) is 5.65. The summed E-state index contributed by atoms with van der Waals surface area (Å²) < 4.78 is 0. The van der Waals surface area contributed by atoms with E-state index < -0.39 is 0 Å². The highest BCUT2D eigenvalue weighted by Crippen LogP contribution is 2.14. The average molecular weight is 266 g/mol. The van der Waals surface area contributed by atoms with E-state index in [4.69, 9.17) is 5.11 Å². The van der Waals surface area contributed by atoms with Crippen LogP contribution in [0.5, 0.6) is 0 Å². The molecule has 0 aromatic carbocycles. The first-order valence-corrected chi connectivity index (χ1v) is 6.47. The van der Waals surface area contributed by atoms with E-state index in [9.17, 15) is 4.79 Å². The lowest BCUT2D eigenvalue weighted by Crippen LogP contribution is -2.46. The Morgan fingerprint density at radius 2 is 2.17 bits per heavy atom. The Balaban J connectivity index is 2.44. The molecule has 0 saturated heterocycles. The first-order chi connectivity index (χ1) is 8.40. The van der Waals surface area contributed by atoms with E-state index in [1.807, 2.05) is 32.9 Å². The third kappa shape index (κ3) is 5.71. The van der Waals surface area contributed by atoms with Crippen LogP contribution in [-0.4, -0.2) is 23.3 Å². The van der Waals surface area contributed by atoms with Crippen LogP contribution in [0.1, 0.15) is 30.5 Å². The van der Waals surface area contributed by atoms with Gasteiger partial charge in [0.2, 0.25) is 0 Å². The van der Waals surface area contributed by atoms with E-state index in [0.29, 0.717) is 6.54 Å². The van der Waals surface area contributed by atoms with Gasteiger partial charge in [-0.25, -0.2) is 4.79 Å². The van der Waals surface area contributed by atoms with E-state index in [1.165, 1.54) is 11.3 Å². The van der Waals surface area contributed by atoms with Crippen LogP contribution in [0.15, 0.2) is 12.1 Å². The summed E-state index contributed by atoms with van der Waals surface area (Å²) in [5, 5.41) is 14.2. The van der Waals surface area contributed by atoms with Crippen LogP contribution in [0.3, 0.4) is 0 Å². The Labute approximate surface area is 111 Å². The molecule has 0 spiro atoms. The van der Waals surface area contributed by atoms with Crippen molar-refractivity contribution in [2.24, 2.45) is 0 Å². The zero-order valence-electron chi connectivity index (χ0n) is 10.8. The van der Waals surface area contributed by atoms with Crippen molar-refractivity contribution in [1.29, 1.82) is 0 Å². The maximum atomic E-state index is 11.5. The quantitative estimate of drug-likeness (QED) is 0.713. The zero-order chi connectivity index (χ0) is 13.6. The normalized spacial score (nSPS) is 10.4. The first kappa shape index (κ1) is 14.6. The van der Waals surface area contributed by atoms with E-state index >= 15 is 0 Å². The molecule has 0 aliphatic rings. The predicted octanol–water partition coefficient (Wildman–Crippen LogP) is 1.69. The molecule has 0 unspecified atom stereocenters. The van der Waals surface area contributed by atoms with Gasteiger partial charge in [-0.05, 0) is 32.9 Å². The highest BCUT2D eigenvalue weighted by molar-refractivity contribution is 7.12. The molecule has 1 heterocycles. The van der Waals surface area contributed by atoms with Gasteiger partial charge in [0.1, 0.15) is 6.61 Å². The molecular weight excluding hydrogens is 248 g/mol. The molecule has 5 heteroatoms. The Morgan fingerprint density at radius 1 is 1.44 bits per heavy atom. The van der Waals surface area contributed by atoms with Gasteiger partial charge in [-0.15, -0.1) is 11.3 Å². The van der Waals surface area contributed by atoms with Crippen LogP contribution in [0.2, 0.25) is 0 Å². The van der Waals surface area contributed by atoms with Crippen molar-refractivity contribution in [1.82, 2.24) is 10.6 Å². The topological polar surface area (TPSA) is 61.4 Å². The maximum Gasteiger partial charge on any atom is 0.315 e. The fourth-order valence-corrected chi connectivity index (χ4v) is 2.04. The molecule has 0 aliphatic heterocycles. The van der Waals surface area contributed by atoms with E-state index in [0.717, 1.165) is 9.75 Å². The lowest BCUT2D eigenvalue weighted by atomic mass is 10.1. The van der Waals surface area contributed by atoms with Gasteiger partial charge >= 0.3 is 6.03 Å². The fraction of sp³-hybridized carbons (Fsp3) is 0.462. The summed E-state index contributed by atoms with van der Waals surface area (Å²) in [7, 11) is 0. The molecule has 1 aromatic heterocycles. The molecule has 3 N–H and O–H groups in total. The minimum Gasteiger partial charge on any atom is -0.384 e. The minimum atomic E-state index is -0.239. The molecule has 0 aliphatic carbocycles. The van der Waals surface area contributed by atoms with E-state index in [2.05, 4.69) is 22.5 Å². The molecule has 4 nitrogen and oxygen atoms in total. The monoisotopic (exact) mass is 266 g/mol. The van der Waals surface area contributed by atoms with Gasteiger partial charge in [0, 0.05) is 10.4 Å². The summed E-state index contributed by atoms with van der Waals surface area (Å²) >= 11 is 1.51.